The van der Waals surface area contributed by atoms with Gasteiger partial charge in [-0.15, -0.1) is 6.58 Å². The maximum absolute atomic E-state index is 12.5. The zero-order chi connectivity index (χ0) is 13.2. The fourth-order valence-electron chi connectivity index (χ4n) is 1.42. The normalized spacial score (nSPS) is 13.5. The number of hydrogen-bond donors (Lipinski definition) is 1. The molecular weight excluding hydrogens is 297 g/mol. The van der Waals surface area contributed by atoms with Crippen LogP contribution < -0.4 is 0 Å². The highest BCUT2D eigenvalue weighted by Gasteiger charge is 2.31. The van der Waals surface area contributed by atoms with E-state index in [1.54, 1.807) is 6.92 Å². The minimum Gasteiger partial charge on any atom is -0.388 e. The molecule has 1 unspecified atom stereocenters. The summed E-state index contributed by atoms with van der Waals surface area (Å²) in [6.45, 7) is 5.34. The lowest BCUT2D eigenvalue weighted by Gasteiger charge is -2.15. The summed E-state index contributed by atoms with van der Waals surface area (Å²) in [5.41, 5.74) is 0.168. The van der Waals surface area contributed by atoms with E-state index in [0.717, 1.165) is 12.1 Å². The van der Waals surface area contributed by atoms with Gasteiger partial charge in [0, 0.05) is 4.47 Å². The summed E-state index contributed by atoms with van der Waals surface area (Å²) in [4.78, 5) is 0. The van der Waals surface area contributed by atoms with Crippen molar-refractivity contribution in [1.82, 2.24) is 0 Å². The molecule has 0 aliphatic rings. The second kappa shape index (κ2) is 5.23. The minimum absolute atomic E-state index is 0.225. The van der Waals surface area contributed by atoms with Gasteiger partial charge in [0.05, 0.1) is 11.7 Å². The molecule has 0 amide bonds. The Balaban J connectivity index is 3.10. The molecular formula is C12H12BrF3O. The predicted octanol–water partition coefficient (Wildman–Crippen LogP) is 4.47. The van der Waals surface area contributed by atoms with E-state index in [1.165, 1.54) is 6.07 Å². The van der Waals surface area contributed by atoms with E-state index in [4.69, 9.17) is 0 Å². The molecule has 0 saturated heterocycles. The molecule has 0 bridgehead atoms. The zero-order valence-corrected chi connectivity index (χ0v) is 10.8. The number of rotatable bonds is 3. The van der Waals surface area contributed by atoms with Crippen LogP contribution in [0, 0.1) is 0 Å². The van der Waals surface area contributed by atoms with Crippen molar-refractivity contribution < 1.29 is 18.3 Å². The van der Waals surface area contributed by atoms with E-state index in [0.29, 0.717) is 10.0 Å². The number of alkyl halides is 3. The maximum atomic E-state index is 12.5. The molecule has 17 heavy (non-hydrogen) atoms. The smallest absolute Gasteiger partial charge is 0.388 e. The highest BCUT2D eigenvalue weighted by molar-refractivity contribution is 9.10. The Morgan fingerprint density at radius 1 is 1.47 bits per heavy atom. The quantitative estimate of drug-likeness (QED) is 0.817. The zero-order valence-electron chi connectivity index (χ0n) is 9.18. The summed E-state index contributed by atoms with van der Waals surface area (Å²) in [5, 5.41) is 9.80. The number of aliphatic hydroxyl groups is 1. The van der Waals surface area contributed by atoms with Crippen molar-refractivity contribution in [2.45, 2.75) is 25.6 Å². The average molecular weight is 309 g/mol. The second-order valence-electron chi connectivity index (χ2n) is 3.91. The first-order valence-electron chi connectivity index (χ1n) is 4.91. The second-order valence-corrected chi connectivity index (χ2v) is 4.77. The van der Waals surface area contributed by atoms with Gasteiger partial charge in [0.25, 0.3) is 0 Å². The molecule has 1 rings (SSSR count). The first-order valence-corrected chi connectivity index (χ1v) is 5.70. The Bertz CT molecular complexity index is 426. The van der Waals surface area contributed by atoms with Gasteiger partial charge in [-0.2, -0.15) is 13.2 Å². The van der Waals surface area contributed by atoms with Crippen LogP contribution in [0.4, 0.5) is 13.2 Å². The first-order chi connectivity index (χ1) is 7.71. The summed E-state index contributed by atoms with van der Waals surface area (Å²) >= 11 is 3.13. The molecule has 1 aromatic carbocycles. The third kappa shape index (κ3) is 3.85. The van der Waals surface area contributed by atoms with Crippen LogP contribution in [0.25, 0.3) is 0 Å². The molecule has 94 valence electrons. The predicted molar refractivity (Wildman–Crippen MR) is 63.5 cm³/mol. The van der Waals surface area contributed by atoms with Gasteiger partial charge in [-0.25, -0.2) is 0 Å². The van der Waals surface area contributed by atoms with Crippen molar-refractivity contribution in [2.24, 2.45) is 0 Å². The topological polar surface area (TPSA) is 20.2 Å². The van der Waals surface area contributed by atoms with Gasteiger partial charge in [0.2, 0.25) is 0 Å². The van der Waals surface area contributed by atoms with E-state index in [-0.39, 0.29) is 12.0 Å². The van der Waals surface area contributed by atoms with Crippen LogP contribution >= 0.6 is 15.9 Å². The van der Waals surface area contributed by atoms with Crippen molar-refractivity contribution >= 4 is 15.9 Å². The highest BCUT2D eigenvalue weighted by atomic mass is 79.9. The van der Waals surface area contributed by atoms with Crippen LogP contribution in [0.1, 0.15) is 30.6 Å². The average Bonchev–Trinajstić information content (AvgIpc) is 2.15. The summed E-state index contributed by atoms with van der Waals surface area (Å²) < 4.78 is 38.0. The minimum atomic E-state index is -4.40. The van der Waals surface area contributed by atoms with Crippen LogP contribution in [-0.2, 0) is 6.18 Å². The van der Waals surface area contributed by atoms with Gasteiger partial charge < -0.3 is 5.11 Å². The van der Waals surface area contributed by atoms with Crippen molar-refractivity contribution in [3.05, 3.63) is 46.0 Å². The summed E-state index contributed by atoms with van der Waals surface area (Å²) in [6.07, 6.45) is -5.15. The maximum Gasteiger partial charge on any atom is 0.416 e. The lowest BCUT2D eigenvalue weighted by Crippen LogP contribution is -2.07. The highest BCUT2D eigenvalue weighted by Crippen LogP contribution is 2.35. The summed E-state index contributed by atoms with van der Waals surface area (Å²) in [7, 11) is 0. The van der Waals surface area contributed by atoms with Gasteiger partial charge in [0.15, 0.2) is 0 Å². The summed E-state index contributed by atoms with van der Waals surface area (Å²) in [6, 6.07) is 3.22. The molecule has 1 aromatic rings. The first kappa shape index (κ1) is 14.3. The monoisotopic (exact) mass is 308 g/mol. The molecule has 0 aromatic heterocycles. The molecule has 5 heteroatoms. The molecule has 0 heterocycles. The Labute approximate surface area is 106 Å². The molecule has 0 radical (unpaired) electrons. The Morgan fingerprint density at radius 3 is 2.53 bits per heavy atom. The van der Waals surface area contributed by atoms with Crippen LogP contribution in [0.5, 0.6) is 0 Å². The number of aliphatic hydroxyl groups excluding tert-OH is 1. The Hall–Kier alpha value is -0.810. The van der Waals surface area contributed by atoms with Crippen molar-refractivity contribution in [2.75, 3.05) is 0 Å². The fourth-order valence-corrected chi connectivity index (χ4v) is 1.93. The molecule has 1 nitrogen and oxygen atoms in total. The van der Waals surface area contributed by atoms with Crippen molar-refractivity contribution in [3.8, 4) is 0 Å². The van der Waals surface area contributed by atoms with E-state index in [9.17, 15) is 18.3 Å². The van der Waals surface area contributed by atoms with Gasteiger partial charge in [-0.3, -0.25) is 0 Å². The third-order valence-electron chi connectivity index (χ3n) is 2.22. The standard InChI is InChI=1S/C12H12BrF3O/c1-7(2)5-11(17)9-6-8(12(14,15)16)3-4-10(9)13/h3-4,6,11,17H,1,5H2,2H3. The number of hydrogen-bond acceptors (Lipinski definition) is 1. The Morgan fingerprint density at radius 2 is 2.06 bits per heavy atom. The van der Waals surface area contributed by atoms with Gasteiger partial charge in [-0.1, -0.05) is 21.5 Å². The van der Waals surface area contributed by atoms with Gasteiger partial charge in [0.1, 0.15) is 0 Å². The molecule has 0 spiro atoms. The van der Waals surface area contributed by atoms with E-state index in [2.05, 4.69) is 22.5 Å². The molecule has 1 N–H and O–H groups in total. The molecule has 0 saturated carbocycles. The number of benzene rings is 1. The van der Waals surface area contributed by atoms with Crippen molar-refractivity contribution in [3.63, 3.8) is 0 Å². The molecule has 1 atom stereocenters. The van der Waals surface area contributed by atoms with Crippen LogP contribution in [0.15, 0.2) is 34.8 Å². The largest absolute Gasteiger partial charge is 0.416 e. The SMILES string of the molecule is C=C(C)CC(O)c1cc(C(F)(F)F)ccc1Br. The van der Waals surface area contributed by atoms with Gasteiger partial charge >= 0.3 is 6.18 Å². The van der Waals surface area contributed by atoms with E-state index < -0.39 is 17.8 Å². The van der Waals surface area contributed by atoms with Crippen LogP contribution in [-0.4, -0.2) is 5.11 Å². The summed E-state index contributed by atoms with van der Waals surface area (Å²) in [5.74, 6) is 0. The third-order valence-corrected chi connectivity index (χ3v) is 2.95. The molecule has 0 fully saturated rings. The van der Waals surface area contributed by atoms with Crippen LogP contribution in [0.3, 0.4) is 0 Å². The fraction of sp³-hybridized carbons (Fsp3) is 0.333. The lowest BCUT2D eigenvalue weighted by atomic mass is 10.0. The molecule has 0 aliphatic heterocycles. The van der Waals surface area contributed by atoms with Crippen molar-refractivity contribution in [1.29, 1.82) is 0 Å². The van der Waals surface area contributed by atoms with E-state index >= 15 is 0 Å². The Kier molecular flexibility index (Phi) is 4.38. The van der Waals surface area contributed by atoms with Gasteiger partial charge in [-0.05, 0) is 37.1 Å². The molecule has 0 aliphatic carbocycles. The number of halogens is 4. The van der Waals surface area contributed by atoms with E-state index in [1.807, 2.05) is 0 Å². The van der Waals surface area contributed by atoms with Crippen LogP contribution in [0.2, 0.25) is 0 Å². The lowest BCUT2D eigenvalue weighted by molar-refractivity contribution is -0.137.